The quantitative estimate of drug-likeness (QED) is 0.677. The fourth-order valence-corrected chi connectivity index (χ4v) is 0.938. The molecule has 0 amide bonds. The van der Waals surface area contributed by atoms with Gasteiger partial charge in [0, 0.05) is 13.1 Å². The number of ether oxygens (including phenoxy) is 1. The molecule has 0 saturated heterocycles. The third-order valence-electron chi connectivity index (χ3n) is 1.74. The first-order valence-corrected chi connectivity index (χ1v) is 4.52. The highest BCUT2D eigenvalue weighted by Crippen LogP contribution is 2.07. The molecule has 13 heavy (non-hydrogen) atoms. The smallest absolute Gasteiger partial charge is 0.157 e. The van der Waals surface area contributed by atoms with Crippen LogP contribution < -0.4 is 4.74 Å². The molecule has 4 nitrogen and oxygen atoms in total. The molecule has 0 fully saturated rings. The Balaban J connectivity index is 2.28. The van der Waals surface area contributed by atoms with Crippen LogP contribution in [0.15, 0.2) is 12.4 Å². The first kappa shape index (κ1) is 10.1. The van der Waals surface area contributed by atoms with Crippen LogP contribution in [-0.4, -0.2) is 41.9 Å². The van der Waals surface area contributed by atoms with Gasteiger partial charge in [0.05, 0.1) is 12.4 Å². The zero-order valence-corrected chi connectivity index (χ0v) is 8.53. The van der Waals surface area contributed by atoms with E-state index in [2.05, 4.69) is 16.9 Å². The largest absolute Gasteiger partial charge is 0.489 e. The molecular weight excluding hydrogens is 166 g/mol. The molecule has 0 radical (unpaired) electrons. The molecule has 0 bridgehead atoms. The van der Waals surface area contributed by atoms with Gasteiger partial charge in [-0.2, -0.15) is 5.10 Å². The molecule has 0 spiro atoms. The van der Waals surface area contributed by atoms with Gasteiger partial charge in [0.15, 0.2) is 5.75 Å². The van der Waals surface area contributed by atoms with Gasteiger partial charge in [0.1, 0.15) is 6.61 Å². The maximum atomic E-state index is 5.47. The highest BCUT2D eigenvalue weighted by molar-refractivity contribution is 5.11. The zero-order valence-electron chi connectivity index (χ0n) is 8.53. The average Bonchev–Trinajstić information content (AvgIpc) is 2.52. The van der Waals surface area contributed by atoms with Crippen LogP contribution >= 0.6 is 0 Å². The number of hydrogen-bond acceptors (Lipinski definition) is 3. The summed E-state index contributed by atoms with van der Waals surface area (Å²) in [5, 5.41) is 4.11. The van der Waals surface area contributed by atoms with Gasteiger partial charge < -0.3 is 9.64 Å². The fourth-order valence-electron chi connectivity index (χ4n) is 0.938. The van der Waals surface area contributed by atoms with Crippen LogP contribution in [0.1, 0.15) is 6.92 Å². The molecule has 0 saturated carbocycles. The monoisotopic (exact) mass is 183 g/mol. The molecule has 4 heteroatoms. The van der Waals surface area contributed by atoms with Crippen molar-refractivity contribution in [2.24, 2.45) is 0 Å². The Morgan fingerprint density at radius 3 is 2.85 bits per heavy atom. The Kier molecular flexibility index (Phi) is 3.76. The van der Waals surface area contributed by atoms with Crippen molar-refractivity contribution in [3.05, 3.63) is 12.4 Å². The Bertz CT molecular complexity index is 245. The summed E-state index contributed by atoms with van der Waals surface area (Å²) in [5.74, 6) is 0.851. The Morgan fingerprint density at radius 2 is 2.31 bits per heavy atom. The molecule has 0 aromatic carbocycles. The van der Waals surface area contributed by atoms with Crippen molar-refractivity contribution >= 4 is 0 Å². The van der Waals surface area contributed by atoms with Crippen molar-refractivity contribution in [3.63, 3.8) is 0 Å². The van der Waals surface area contributed by atoms with E-state index in [-0.39, 0.29) is 0 Å². The van der Waals surface area contributed by atoms with E-state index in [0.717, 1.165) is 18.8 Å². The van der Waals surface area contributed by atoms with Crippen molar-refractivity contribution in [3.8, 4) is 5.75 Å². The summed E-state index contributed by atoms with van der Waals surface area (Å²) in [6.07, 6.45) is 3.66. The normalized spacial score (nSPS) is 10.8. The van der Waals surface area contributed by atoms with Gasteiger partial charge in [-0.05, 0) is 21.0 Å². The van der Waals surface area contributed by atoms with E-state index in [4.69, 9.17) is 4.74 Å². The van der Waals surface area contributed by atoms with Crippen molar-refractivity contribution in [1.82, 2.24) is 14.7 Å². The molecule has 1 heterocycles. The molecule has 0 unspecified atom stereocenters. The molecule has 0 atom stereocenters. The molecule has 0 aliphatic rings. The molecular formula is C9H17N3O. The van der Waals surface area contributed by atoms with E-state index in [1.165, 1.54) is 0 Å². The molecule has 0 aliphatic heterocycles. The highest BCUT2D eigenvalue weighted by Gasteiger charge is 1.97. The third kappa shape index (κ3) is 3.46. The van der Waals surface area contributed by atoms with Crippen LogP contribution in [0.5, 0.6) is 5.75 Å². The molecule has 74 valence electrons. The topological polar surface area (TPSA) is 30.3 Å². The van der Waals surface area contributed by atoms with Crippen molar-refractivity contribution in [2.45, 2.75) is 13.5 Å². The highest BCUT2D eigenvalue weighted by atomic mass is 16.5. The number of hydrogen-bond donors (Lipinski definition) is 0. The Morgan fingerprint density at radius 1 is 1.54 bits per heavy atom. The van der Waals surface area contributed by atoms with Crippen LogP contribution in [0, 0.1) is 0 Å². The summed E-state index contributed by atoms with van der Waals surface area (Å²) >= 11 is 0. The van der Waals surface area contributed by atoms with Gasteiger partial charge in [0.2, 0.25) is 0 Å². The minimum Gasteiger partial charge on any atom is -0.489 e. The third-order valence-corrected chi connectivity index (χ3v) is 1.74. The van der Waals surface area contributed by atoms with Crippen molar-refractivity contribution in [1.29, 1.82) is 0 Å². The minimum absolute atomic E-state index is 0.711. The van der Waals surface area contributed by atoms with Gasteiger partial charge in [-0.1, -0.05) is 0 Å². The minimum atomic E-state index is 0.711. The number of nitrogens with zero attached hydrogens (tertiary/aromatic N) is 3. The van der Waals surface area contributed by atoms with E-state index in [0.29, 0.717) is 6.61 Å². The lowest BCUT2D eigenvalue weighted by Crippen LogP contribution is -2.19. The predicted molar refractivity (Wildman–Crippen MR) is 52.0 cm³/mol. The maximum absolute atomic E-state index is 5.47. The maximum Gasteiger partial charge on any atom is 0.157 e. The van der Waals surface area contributed by atoms with Gasteiger partial charge in [-0.25, -0.2) is 0 Å². The van der Waals surface area contributed by atoms with E-state index < -0.39 is 0 Å². The van der Waals surface area contributed by atoms with Gasteiger partial charge in [0.25, 0.3) is 0 Å². The molecule has 0 N–H and O–H groups in total. The lowest BCUT2D eigenvalue weighted by Gasteiger charge is -2.09. The van der Waals surface area contributed by atoms with Gasteiger partial charge >= 0.3 is 0 Å². The molecule has 1 aromatic heterocycles. The fraction of sp³-hybridized carbons (Fsp3) is 0.667. The summed E-state index contributed by atoms with van der Waals surface area (Å²) in [5.41, 5.74) is 0. The number of rotatable bonds is 5. The first-order valence-electron chi connectivity index (χ1n) is 4.52. The van der Waals surface area contributed by atoms with E-state index in [1.54, 1.807) is 6.20 Å². The number of aryl methyl sites for hydroxylation is 1. The van der Waals surface area contributed by atoms with Crippen LogP contribution in [0.4, 0.5) is 0 Å². The summed E-state index contributed by atoms with van der Waals surface area (Å²) in [4.78, 5) is 2.09. The Hall–Kier alpha value is -1.03. The van der Waals surface area contributed by atoms with Gasteiger partial charge in [-0.3, -0.25) is 4.68 Å². The second-order valence-corrected chi connectivity index (χ2v) is 3.18. The SMILES string of the molecule is CCn1cc(OCCN(C)C)cn1. The summed E-state index contributed by atoms with van der Waals surface area (Å²) < 4.78 is 7.33. The van der Waals surface area contributed by atoms with Crippen molar-refractivity contribution in [2.75, 3.05) is 27.2 Å². The summed E-state index contributed by atoms with van der Waals surface area (Å²) in [6.45, 7) is 4.58. The van der Waals surface area contributed by atoms with E-state index in [9.17, 15) is 0 Å². The lowest BCUT2D eigenvalue weighted by molar-refractivity contribution is 0.261. The van der Waals surface area contributed by atoms with Crippen molar-refractivity contribution < 1.29 is 4.74 Å². The molecule has 0 aliphatic carbocycles. The van der Waals surface area contributed by atoms with Crippen LogP contribution in [0.25, 0.3) is 0 Å². The predicted octanol–water partition coefficient (Wildman–Crippen LogP) is 0.843. The second-order valence-electron chi connectivity index (χ2n) is 3.18. The Labute approximate surface area is 79.1 Å². The first-order chi connectivity index (χ1) is 6.22. The van der Waals surface area contributed by atoms with Crippen LogP contribution in [-0.2, 0) is 6.54 Å². The van der Waals surface area contributed by atoms with Crippen LogP contribution in [0.2, 0.25) is 0 Å². The summed E-state index contributed by atoms with van der Waals surface area (Å²) in [6, 6.07) is 0. The molecule has 1 rings (SSSR count). The number of aromatic nitrogens is 2. The van der Waals surface area contributed by atoms with E-state index >= 15 is 0 Å². The van der Waals surface area contributed by atoms with E-state index in [1.807, 2.05) is 25.0 Å². The molecule has 1 aromatic rings. The zero-order chi connectivity index (χ0) is 9.68. The lowest BCUT2D eigenvalue weighted by atomic mass is 10.6. The number of likely N-dealkylation sites (N-methyl/N-ethyl adjacent to an activating group) is 1. The standard InChI is InChI=1S/C9H17N3O/c1-4-12-8-9(7-10-12)13-6-5-11(2)3/h7-8H,4-6H2,1-3H3. The average molecular weight is 183 g/mol. The summed E-state index contributed by atoms with van der Waals surface area (Å²) in [7, 11) is 4.05. The van der Waals surface area contributed by atoms with Crippen LogP contribution in [0.3, 0.4) is 0 Å². The van der Waals surface area contributed by atoms with Gasteiger partial charge in [-0.15, -0.1) is 0 Å². The second kappa shape index (κ2) is 4.87.